The van der Waals surface area contributed by atoms with Gasteiger partial charge in [-0.2, -0.15) is 4.98 Å². The normalized spacial score (nSPS) is 19.0. The number of carbonyl (C=O) groups is 5. The van der Waals surface area contributed by atoms with Crippen LogP contribution in [0.3, 0.4) is 0 Å². The first-order valence-corrected chi connectivity index (χ1v) is 19.7. The lowest BCUT2D eigenvalue weighted by molar-refractivity contribution is -0.136. The Balaban J connectivity index is 0.838. The van der Waals surface area contributed by atoms with Crippen LogP contribution < -0.4 is 26.0 Å². The highest BCUT2D eigenvalue weighted by atomic mass is 16.2. The summed E-state index contributed by atoms with van der Waals surface area (Å²) in [7, 11) is 1.96. The molecular formula is C41H46N10O6. The van der Waals surface area contributed by atoms with E-state index in [4.69, 9.17) is 4.98 Å². The van der Waals surface area contributed by atoms with E-state index in [-0.39, 0.29) is 46.9 Å². The van der Waals surface area contributed by atoms with Gasteiger partial charge in [-0.05, 0) is 82.0 Å². The number of aromatic nitrogens is 4. The van der Waals surface area contributed by atoms with Crippen LogP contribution in [0.15, 0.2) is 47.5 Å². The number of hydrogen-bond donors (Lipinski definition) is 2. The number of fused-ring (bicyclic) bond motifs is 2. The van der Waals surface area contributed by atoms with Crippen LogP contribution in [0.1, 0.15) is 94.5 Å². The minimum absolute atomic E-state index is 0.00110. The van der Waals surface area contributed by atoms with Gasteiger partial charge in [0.25, 0.3) is 17.4 Å². The van der Waals surface area contributed by atoms with Crippen LogP contribution >= 0.6 is 0 Å². The molecule has 1 aliphatic carbocycles. The van der Waals surface area contributed by atoms with E-state index in [1.807, 2.05) is 31.4 Å². The molecule has 3 aromatic heterocycles. The zero-order valence-corrected chi connectivity index (χ0v) is 32.4. The minimum Gasteiger partial charge on any atom is -0.375 e. The number of aryl methyl sites for hydroxylation is 1. The van der Waals surface area contributed by atoms with Gasteiger partial charge in [0.1, 0.15) is 17.5 Å². The van der Waals surface area contributed by atoms with E-state index >= 15 is 0 Å². The first kappa shape index (κ1) is 37.9. The molecule has 1 saturated carbocycles. The van der Waals surface area contributed by atoms with Crippen LogP contribution in [-0.2, 0) is 9.59 Å². The van der Waals surface area contributed by atoms with E-state index in [0.717, 1.165) is 87.6 Å². The van der Waals surface area contributed by atoms with Crippen molar-refractivity contribution in [2.45, 2.75) is 70.9 Å². The van der Waals surface area contributed by atoms with Crippen molar-refractivity contribution in [3.05, 3.63) is 75.3 Å². The van der Waals surface area contributed by atoms with Crippen LogP contribution in [-0.4, -0.2) is 111 Å². The Kier molecular flexibility index (Phi) is 10.3. The molecule has 16 heteroatoms. The number of piperazine rings is 1. The molecule has 4 aliphatic rings. The maximum absolute atomic E-state index is 13.6. The number of rotatable bonds is 11. The fraction of sp³-hybridized carbons (Fsp3) is 0.439. The van der Waals surface area contributed by atoms with Gasteiger partial charge in [-0.1, -0.05) is 12.8 Å². The Morgan fingerprint density at radius 2 is 1.68 bits per heavy atom. The summed E-state index contributed by atoms with van der Waals surface area (Å²) in [5.74, 6) is -1.37. The number of anilines is 4. The molecule has 6 heterocycles. The molecule has 3 aliphatic heterocycles. The van der Waals surface area contributed by atoms with E-state index in [1.54, 1.807) is 29.8 Å². The van der Waals surface area contributed by atoms with Gasteiger partial charge in [0, 0.05) is 69.5 Å². The molecule has 8 rings (SSSR count). The predicted molar refractivity (Wildman–Crippen MR) is 213 cm³/mol. The number of ketones is 1. The Morgan fingerprint density at radius 1 is 0.930 bits per heavy atom. The van der Waals surface area contributed by atoms with E-state index in [2.05, 4.69) is 35.3 Å². The van der Waals surface area contributed by atoms with Crippen LogP contribution in [0.5, 0.6) is 0 Å². The van der Waals surface area contributed by atoms with E-state index in [9.17, 15) is 28.8 Å². The van der Waals surface area contributed by atoms with Crippen molar-refractivity contribution in [2.24, 2.45) is 0 Å². The SMILES string of the molecule is CC(=O)c1c(C)c2cnc(Nc3ccc(N4CCN(CCCN(C)c5ccc6c(c5)C(=O)N(C5CCC(=O)NC5=O)C6=O)CC4)cn3)nc2n(C2CCCC2)c1=O. The standard InChI is InChI=1S/C41H46N10O6/c1-24-31-23-43-41(46-36(31)50(26-7-4-5-8-26)40(57)35(24)25(2)52)44-33-13-10-28(22-42-33)49-19-17-48(18-20-49)16-6-15-47(3)27-9-11-29-30(21-27)39(56)51(38(29)55)32-12-14-34(53)45-37(32)54/h9-11,13,21-23,26,32H,4-8,12,14-20H2,1-3H3,(H,45,53,54)(H,42,43,44,46). The van der Waals surface area contributed by atoms with E-state index < -0.39 is 29.7 Å². The van der Waals surface area contributed by atoms with Crippen molar-refractivity contribution in [3.8, 4) is 0 Å². The molecule has 296 valence electrons. The second-order valence-corrected chi connectivity index (χ2v) is 15.4. The molecule has 0 bridgehead atoms. The number of nitrogens with one attached hydrogen (secondary N) is 2. The monoisotopic (exact) mass is 774 g/mol. The lowest BCUT2D eigenvalue weighted by Gasteiger charge is -2.36. The van der Waals surface area contributed by atoms with Crippen molar-refractivity contribution in [1.29, 1.82) is 0 Å². The van der Waals surface area contributed by atoms with Crippen LogP contribution in [0.4, 0.5) is 23.1 Å². The van der Waals surface area contributed by atoms with Gasteiger partial charge in [-0.25, -0.2) is 9.97 Å². The highest BCUT2D eigenvalue weighted by molar-refractivity contribution is 6.23. The fourth-order valence-electron chi connectivity index (χ4n) is 8.66. The average molecular weight is 775 g/mol. The zero-order chi connectivity index (χ0) is 40.0. The first-order chi connectivity index (χ1) is 27.5. The number of benzene rings is 1. The van der Waals surface area contributed by atoms with Crippen LogP contribution in [0.2, 0.25) is 0 Å². The number of Topliss-reactive ketones (excluding diaryl/α,β-unsaturated/α-hetero) is 1. The number of imide groups is 2. The molecule has 4 aromatic rings. The Morgan fingerprint density at radius 3 is 2.39 bits per heavy atom. The average Bonchev–Trinajstić information content (AvgIpc) is 3.81. The van der Waals surface area contributed by atoms with Gasteiger partial charge >= 0.3 is 0 Å². The third-order valence-corrected chi connectivity index (χ3v) is 11.8. The molecule has 16 nitrogen and oxygen atoms in total. The highest BCUT2D eigenvalue weighted by Gasteiger charge is 2.44. The third-order valence-electron chi connectivity index (χ3n) is 11.8. The number of piperidine rings is 1. The lowest BCUT2D eigenvalue weighted by Crippen LogP contribution is -2.54. The summed E-state index contributed by atoms with van der Waals surface area (Å²) in [6.07, 6.45) is 8.44. The molecule has 1 unspecified atom stereocenters. The van der Waals surface area contributed by atoms with Crippen LogP contribution in [0.25, 0.3) is 11.0 Å². The molecule has 4 amide bonds. The Hall–Kier alpha value is -6.03. The highest BCUT2D eigenvalue weighted by Crippen LogP contribution is 2.33. The fourth-order valence-corrected chi connectivity index (χ4v) is 8.66. The van der Waals surface area contributed by atoms with Crippen molar-refractivity contribution in [1.82, 2.24) is 34.6 Å². The summed E-state index contributed by atoms with van der Waals surface area (Å²) < 4.78 is 1.70. The molecule has 1 aromatic carbocycles. The molecule has 0 radical (unpaired) electrons. The molecule has 1 atom stereocenters. The number of hydrogen-bond acceptors (Lipinski definition) is 13. The maximum Gasteiger partial charge on any atom is 0.263 e. The molecule has 2 saturated heterocycles. The van der Waals surface area contributed by atoms with Gasteiger partial charge in [0.05, 0.1) is 28.6 Å². The summed E-state index contributed by atoms with van der Waals surface area (Å²) in [6.45, 7) is 8.36. The number of nitrogens with zero attached hydrogens (tertiary/aromatic N) is 8. The Labute approximate surface area is 329 Å². The van der Waals surface area contributed by atoms with E-state index in [1.165, 1.54) is 6.92 Å². The lowest BCUT2D eigenvalue weighted by atomic mass is 10.0. The molecule has 57 heavy (non-hydrogen) atoms. The topological polar surface area (TPSA) is 183 Å². The summed E-state index contributed by atoms with van der Waals surface area (Å²) in [4.78, 5) is 98.1. The van der Waals surface area contributed by atoms with Crippen molar-refractivity contribution < 1.29 is 24.0 Å². The van der Waals surface area contributed by atoms with Crippen molar-refractivity contribution >= 4 is 63.6 Å². The van der Waals surface area contributed by atoms with Crippen molar-refractivity contribution in [3.63, 3.8) is 0 Å². The second-order valence-electron chi connectivity index (χ2n) is 15.4. The quantitative estimate of drug-likeness (QED) is 0.167. The summed E-state index contributed by atoms with van der Waals surface area (Å²) in [5.41, 5.74) is 3.44. The summed E-state index contributed by atoms with van der Waals surface area (Å²) in [6, 6.07) is 8.12. The molecular weight excluding hydrogens is 729 g/mol. The minimum atomic E-state index is -0.986. The zero-order valence-electron chi connectivity index (χ0n) is 32.4. The van der Waals surface area contributed by atoms with Crippen LogP contribution in [0, 0.1) is 6.92 Å². The molecule has 2 N–H and O–H groups in total. The Bertz CT molecular complexity index is 2350. The maximum atomic E-state index is 13.6. The summed E-state index contributed by atoms with van der Waals surface area (Å²) in [5, 5.41) is 6.13. The smallest absolute Gasteiger partial charge is 0.263 e. The van der Waals surface area contributed by atoms with Gasteiger partial charge in [-0.15, -0.1) is 0 Å². The third kappa shape index (κ3) is 7.25. The first-order valence-electron chi connectivity index (χ1n) is 19.7. The van der Waals surface area contributed by atoms with Gasteiger partial charge in [-0.3, -0.25) is 48.5 Å². The van der Waals surface area contributed by atoms with Crippen molar-refractivity contribution in [2.75, 3.05) is 61.4 Å². The second kappa shape index (κ2) is 15.5. The number of carbonyl (C=O) groups excluding carboxylic acids is 5. The largest absolute Gasteiger partial charge is 0.375 e. The summed E-state index contributed by atoms with van der Waals surface area (Å²) >= 11 is 0. The number of amides is 4. The van der Waals surface area contributed by atoms with E-state index in [0.29, 0.717) is 28.4 Å². The van der Waals surface area contributed by atoms with Gasteiger partial charge in [0.2, 0.25) is 17.8 Å². The molecule has 3 fully saturated rings. The number of pyridine rings is 2. The molecule has 0 spiro atoms. The van der Waals surface area contributed by atoms with Gasteiger partial charge < -0.3 is 15.1 Å². The predicted octanol–water partition coefficient (Wildman–Crippen LogP) is 3.61. The van der Waals surface area contributed by atoms with Gasteiger partial charge in [0.15, 0.2) is 5.78 Å².